The average molecular weight is 485 g/mol. The van der Waals surface area contributed by atoms with E-state index >= 15 is 0 Å². The minimum absolute atomic E-state index is 0.0851. The van der Waals surface area contributed by atoms with Gasteiger partial charge in [-0.05, 0) is 34.7 Å². The van der Waals surface area contributed by atoms with E-state index in [1.165, 1.54) is 4.88 Å². The highest BCUT2D eigenvalue weighted by Gasteiger charge is 2.23. The van der Waals surface area contributed by atoms with Crippen LogP contribution < -0.4 is 10.2 Å². The van der Waals surface area contributed by atoms with Gasteiger partial charge in [0.15, 0.2) is 0 Å². The summed E-state index contributed by atoms with van der Waals surface area (Å²) in [6.07, 6.45) is 0. The maximum Gasteiger partial charge on any atom is 0.292 e. The molecule has 0 aliphatic carbocycles. The molecule has 0 radical (unpaired) electrons. The van der Waals surface area contributed by atoms with Gasteiger partial charge in [0, 0.05) is 49.4 Å². The summed E-state index contributed by atoms with van der Waals surface area (Å²) in [5.41, 5.74) is 3.74. The van der Waals surface area contributed by atoms with Gasteiger partial charge in [0.1, 0.15) is 5.69 Å². The van der Waals surface area contributed by atoms with Crippen LogP contribution in [0.1, 0.15) is 22.0 Å². The summed E-state index contributed by atoms with van der Waals surface area (Å²) in [7, 11) is 0. The van der Waals surface area contributed by atoms with E-state index in [0.29, 0.717) is 5.69 Å². The number of hydrogen-bond acceptors (Lipinski definition) is 6. The molecule has 0 spiro atoms. The zero-order valence-corrected chi connectivity index (χ0v) is 20.2. The third-order valence-corrected chi connectivity index (χ3v) is 7.30. The van der Waals surface area contributed by atoms with Crippen LogP contribution in [-0.2, 0) is 6.54 Å². The molecule has 0 bridgehead atoms. The molecule has 0 unspecified atom stereocenters. The van der Waals surface area contributed by atoms with Gasteiger partial charge in [0.2, 0.25) is 0 Å². The molecule has 5 rings (SSSR count). The van der Waals surface area contributed by atoms with Gasteiger partial charge in [-0.15, -0.1) is 11.3 Å². The Morgan fingerprint density at radius 1 is 0.857 bits per heavy atom. The molecule has 35 heavy (non-hydrogen) atoms. The third kappa shape index (κ3) is 5.53. The van der Waals surface area contributed by atoms with Gasteiger partial charge >= 0.3 is 0 Å². The molecule has 0 amide bonds. The molecular formula is C28H28N4O2S. The number of nitro groups is 1. The first-order chi connectivity index (χ1) is 17.2. The number of rotatable bonds is 8. The Hall–Kier alpha value is -3.68. The highest BCUT2D eigenvalue weighted by molar-refractivity contribution is 7.09. The minimum atomic E-state index is -0.307. The summed E-state index contributed by atoms with van der Waals surface area (Å²) >= 11 is 1.79. The zero-order valence-electron chi connectivity index (χ0n) is 19.4. The predicted octanol–water partition coefficient (Wildman–Crippen LogP) is 6.18. The molecule has 1 saturated heterocycles. The van der Waals surface area contributed by atoms with E-state index in [9.17, 15) is 10.1 Å². The van der Waals surface area contributed by atoms with Gasteiger partial charge < -0.3 is 10.2 Å². The Labute approximate surface area is 209 Å². The number of anilines is 2. The second-order valence-electron chi connectivity index (χ2n) is 8.70. The summed E-state index contributed by atoms with van der Waals surface area (Å²) in [6.45, 7) is 4.70. The van der Waals surface area contributed by atoms with E-state index in [1.807, 2.05) is 72.8 Å². The number of piperazine rings is 1. The lowest BCUT2D eigenvalue weighted by molar-refractivity contribution is -0.384. The van der Waals surface area contributed by atoms with Crippen LogP contribution in [0.25, 0.3) is 0 Å². The number of nitrogens with one attached hydrogen (secondary N) is 1. The lowest BCUT2D eigenvalue weighted by Crippen LogP contribution is -2.45. The van der Waals surface area contributed by atoms with Crippen molar-refractivity contribution in [1.29, 1.82) is 0 Å². The van der Waals surface area contributed by atoms with Crippen molar-refractivity contribution in [2.45, 2.75) is 12.6 Å². The molecule has 1 aromatic heterocycles. The fourth-order valence-electron chi connectivity index (χ4n) is 4.59. The molecule has 178 valence electrons. The number of nitrogens with zero attached hydrogens (tertiary/aromatic N) is 3. The lowest BCUT2D eigenvalue weighted by atomic mass is 9.98. The van der Waals surface area contributed by atoms with Crippen LogP contribution >= 0.6 is 11.3 Å². The number of hydrogen-bond donors (Lipinski definition) is 1. The zero-order chi connectivity index (χ0) is 24.0. The molecule has 1 aliphatic rings. The van der Waals surface area contributed by atoms with Crippen molar-refractivity contribution in [3.8, 4) is 0 Å². The molecule has 3 aromatic carbocycles. The van der Waals surface area contributed by atoms with Crippen molar-refractivity contribution in [2.24, 2.45) is 0 Å². The maximum absolute atomic E-state index is 11.9. The second kappa shape index (κ2) is 10.7. The molecule has 1 N–H and O–H groups in total. The van der Waals surface area contributed by atoms with Crippen LogP contribution in [0.5, 0.6) is 0 Å². The third-order valence-electron chi connectivity index (χ3n) is 6.44. The highest BCUT2D eigenvalue weighted by atomic mass is 32.1. The molecular weight excluding hydrogens is 456 g/mol. The van der Waals surface area contributed by atoms with Gasteiger partial charge in [0.25, 0.3) is 5.69 Å². The van der Waals surface area contributed by atoms with E-state index in [0.717, 1.165) is 49.5 Å². The molecule has 1 fully saturated rings. The summed E-state index contributed by atoms with van der Waals surface area (Å²) in [5.74, 6) is 0. The van der Waals surface area contributed by atoms with Gasteiger partial charge in [0.05, 0.1) is 11.0 Å². The van der Waals surface area contributed by atoms with Crippen LogP contribution in [0.15, 0.2) is 96.4 Å². The SMILES string of the molecule is O=[N+]([O-])c1ccc(N2CCN(Cc3cccs3)CC2)cc1NC(c1ccccc1)c1ccccc1. The highest BCUT2D eigenvalue weighted by Crippen LogP contribution is 2.35. The molecule has 1 aliphatic heterocycles. The summed E-state index contributed by atoms with van der Waals surface area (Å²) < 4.78 is 0. The van der Waals surface area contributed by atoms with Crippen molar-refractivity contribution in [1.82, 2.24) is 4.90 Å². The average Bonchev–Trinajstić information content (AvgIpc) is 3.41. The standard InChI is InChI=1S/C28H28N4O2S/c33-32(34)27-14-13-24(31-17-15-30(16-18-31)21-25-12-7-19-35-25)20-26(27)29-28(22-8-3-1-4-9-22)23-10-5-2-6-11-23/h1-14,19-20,28-29H,15-18,21H2. The molecule has 2 heterocycles. The lowest BCUT2D eigenvalue weighted by Gasteiger charge is -2.36. The number of benzene rings is 3. The Morgan fingerprint density at radius 2 is 1.51 bits per heavy atom. The fraction of sp³-hybridized carbons (Fsp3) is 0.214. The Balaban J connectivity index is 1.39. The molecule has 0 saturated carbocycles. The molecule has 0 atom stereocenters. The summed E-state index contributed by atoms with van der Waals surface area (Å²) in [5, 5.41) is 17.5. The van der Waals surface area contributed by atoms with Crippen LogP contribution in [0.4, 0.5) is 17.1 Å². The van der Waals surface area contributed by atoms with Crippen molar-refractivity contribution < 1.29 is 4.92 Å². The normalized spacial score (nSPS) is 14.3. The Bertz CT molecular complexity index is 1200. The van der Waals surface area contributed by atoms with E-state index in [2.05, 4.69) is 32.6 Å². The van der Waals surface area contributed by atoms with E-state index in [4.69, 9.17) is 0 Å². The van der Waals surface area contributed by atoms with Crippen LogP contribution in [0, 0.1) is 10.1 Å². The van der Waals surface area contributed by atoms with Crippen LogP contribution in [-0.4, -0.2) is 36.0 Å². The van der Waals surface area contributed by atoms with Gasteiger partial charge in [-0.2, -0.15) is 0 Å². The first-order valence-electron chi connectivity index (χ1n) is 11.8. The van der Waals surface area contributed by atoms with Crippen molar-refractivity contribution in [3.63, 3.8) is 0 Å². The Morgan fingerprint density at radius 3 is 2.09 bits per heavy atom. The van der Waals surface area contributed by atoms with E-state index < -0.39 is 0 Å². The van der Waals surface area contributed by atoms with E-state index in [-0.39, 0.29) is 16.7 Å². The number of thiophene rings is 1. The smallest absolute Gasteiger partial charge is 0.292 e. The summed E-state index contributed by atoms with van der Waals surface area (Å²) in [6, 6.07) is 29.6. The van der Waals surface area contributed by atoms with Crippen LogP contribution in [0.2, 0.25) is 0 Å². The monoisotopic (exact) mass is 484 g/mol. The van der Waals surface area contributed by atoms with Gasteiger partial charge in [-0.3, -0.25) is 15.0 Å². The maximum atomic E-state index is 11.9. The quantitative estimate of drug-likeness (QED) is 0.239. The Kier molecular flexibility index (Phi) is 7.07. The first-order valence-corrected chi connectivity index (χ1v) is 12.7. The van der Waals surface area contributed by atoms with Crippen LogP contribution in [0.3, 0.4) is 0 Å². The molecule has 4 aromatic rings. The van der Waals surface area contributed by atoms with Crippen molar-refractivity contribution in [2.75, 3.05) is 36.4 Å². The van der Waals surface area contributed by atoms with Gasteiger partial charge in [-0.1, -0.05) is 66.7 Å². The fourth-order valence-corrected chi connectivity index (χ4v) is 5.33. The predicted molar refractivity (Wildman–Crippen MR) is 143 cm³/mol. The van der Waals surface area contributed by atoms with Crippen molar-refractivity contribution in [3.05, 3.63) is 122 Å². The number of nitro benzene ring substituents is 1. The molecule has 7 heteroatoms. The largest absolute Gasteiger partial charge is 0.369 e. The van der Waals surface area contributed by atoms with Gasteiger partial charge in [-0.25, -0.2) is 0 Å². The topological polar surface area (TPSA) is 61.7 Å². The van der Waals surface area contributed by atoms with E-state index in [1.54, 1.807) is 17.4 Å². The van der Waals surface area contributed by atoms with Crippen molar-refractivity contribution >= 4 is 28.4 Å². The first kappa shape index (κ1) is 23.1. The second-order valence-corrected chi connectivity index (χ2v) is 9.73. The molecule has 6 nitrogen and oxygen atoms in total. The minimum Gasteiger partial charge on any atom is -0.369 e. The summed E-state index contributed by atoms with van der Waals surface area (Å²) in [4.78, 5) is 17.8.